The lowest BCUT2D eigenvalue weighted by molar-refractivity contribution is -0.660. The van der Waals surface area contributed by atoms with Crippen LogP contribution in [-0.4, -0.2) is 30.9 Å². The van der Waals surface area contributed by atoms with Gasteiger partial charge in [-0.25, -0.2) is 0 Å². The van der Waals surface area contributed by atoms with Crippen LogP contribution in [0, 0.1) is 6.92 Å². The molecule has 0 saturated heterocycles. The number of aliphatic hydroxyl groups excluding tert-OH is 1. The quantitative estimate of drug-likeness (QED) is 0.726. The molecule has 0 aromatic heterocycles. The summed E-state index contributed by atoms with van der Waals surface area (Å²) in [6.45, 7) is 6.17. The molecule has 0 unspecified atom stereocenters. The Kier molecular flexibility index (Phi) is 6.34. The maximum atomic E-state index is 9.07. The van der Waals surface area contributed by atoms with Crippen molar-refractivity contribution in [2.45, 2.75) is 26.4 Å². The molecule has 3 N–H and O–H groups in total. The number of ether oxygens (including phenoxy) is 1. The van der Waals surface area contributed by atoms with Crippen LogP contribution in [-0.2, 0) is 0 Å². The summed E-state index contributed by atoms with van der Waals surface area (Å²) in [5.74, 6) is 0.863. The van der Waals surface area contributed by atoms with Crippen LogP contribution in [0.25, 0.3) is 0 Å². The fraction of sp³-hybridized carbons (Fsp3) is 0.538. The summed E-state index contributed by atoms with van der Waals surface area (Å²) in [5, 5.41) is 11.9. The number of aryl methyl sites for hydroxylation is 1. The Labute approximate surface area is 108 Å². The molecule has 0 aliphatic carbocycles. The summed E-state index contributed by atoms with van der Waals surface area (Å²) < 4.78 is 5.61. The molecular weight excluding hydrogens is 238 g/mol. The van der Waals surface area contributed by atoms with Gasteiger partial charge in [-0.15, -0.1) is 0 Å². The third-order valence-electron chi connectivity index (χ3n) is 2.46. The van der Waals surface area contributed by atoms with Crippen LogP contribution in [0.3, 0.4) is 0 Å². The van der Waals surface area contributed by atoms with Crippen molar-refractivity contribution in [3.05, 3.63) is 28.8 Å². The summed E-state index contributed by atoms with van der Waals surface area (Å²) in [5.41, 5.74) is 1.03. The van der Waals surface area contributed by atoms with Crippen LogP contribution in [0.1, 0.15) is 18.9 Å². The molecule has 17 heavy (non-hydrogen) atoms. The van der Waals surface area contributed by atoms with E-state index in [1.165, 1.54) is 0 Å². The van der Waals surface area contributed by atoms with Crippen molar-refractivity contribution in [2.75, 3.05) is 19.7 Å². The number of rotatable bonds is 7. The molecule has 96 valence electrons. The predicted octanol–water partition coefficient (Wildman–Crippen LogP) is 1.36. The van der Waals surface area contributed by atoms with Crippen LogP contribution in [0.5, 0.6) is 5.75 Å². The van der Waals surface area contributed by atoms with Gasteiger partial charge >= 0.3 is 0 Å². The van der Waals surface area contributed by atoms with E-state index in [-0.39, 0.29) is 6.10 Å². The van der Waals surface area contributed by atoms with Crippen molar-refractivity contribution in [1.29, 1.82) is 0 Å². The Morgan fingerprint density at radius 1 is 1.47 bits per heavy atom. The zero-order valence-electron chi connectivity index (χ0n) is 10.4. The molecule has 1 rings (SSSR count). The van der Waals surface area contributed by atoms with Crippen molar-refractivity contribution in [3.8, 4) is 5.75 Å². The van der Waals surface area contributed by atoms with Gasteiger partial charge in [-0.2, -0.15) is 0 Å². The number of quaternary nitrogens is 1. The van der Waals surface area contributed by atoms with E-state index in [0.29, 0.717) is 6.61 Å². The normalized spacial score (nSPS) is 12.5. The fourth-order valence-electron chi connectivity index (χ4n) is 1.48. The van der Waals surface area contributed by atoms with E-state index in [1.54, 1.807) is 6.92 Å². The van der Waals surface area contributed by atoms with Gasteiger partial charge in [0.2, 0.25) is 0 Å². The van der Waals surface area contributed by atoms with Crippen LogP contribution < -0.4 is 10.1 Å². The Morgan fingerprint density at radius 2 is 2.24 bits per heavy atom. The molecule has 3 nitrogen and oxygen atoms in total. The zero-order valence-corrected chi connectivity index (χ0v) is 11.2. The number of nitrogens with two attached hydrogens (primary N) is 1. The Hall–Kier alpha value is -0.770. The second-order valence-corrected chi connectivity index (χ2v) is 4.68. The number of hydrogen-bond acceptors (Lipinski definition) is 2. The highest BCUT2D eigenvalue weighted by Gasteiger charge is 2.00. The van der Waals surface area contributed by atoms with Crippen molar-refractivity contribution in [1.82, 2.24) is 0 Å². The number of hydrogen-bond donors (Lipinski definition) is 2. The van der Waals surface area contributed by atoms with Gasteiger partial charge in [0, 0.05) is 11.4 Å². The van der Waals surface area contributed by atoms with Crippen molar-refractivity contribution >= 4 is 11.6 Å². The third kappa shape index (κ3) is 5.91. The first-order valence-corrected chi connectivity index (χ1v) is 6.36. The van der Waals surface area contributed by atoms with E-state index in [2.05, 4.69) is 5.32 Å². The first kappa shape index (κ1) is 14.3. The number of halogens is 1. The largest absolute Gasteiger partial charge is 0.493 e. The van der Waals surface area contributed by atoms with E-state index in [4.69, 9.17) is 21.4 Å². The Bertz CT molecular complexity index is 342. The standard InChI is InChI=1S/C13H20ClNO2/c1-10-8-12(4-5-13(10)14)17-7-3-6-15-9-11(2)16/h4-5,8,11,15-16H,3,6-7,9H2,1-2H3/p+1/t11-/m1/s1. The van der Waals surface area contributed by atoms with Gasteiger partial charge < -0.3 is 15.2 Å². The molecule has 0 fully saturated rings. The van der Waals surface area contributed by atoms with Crippen LogP contribution in [0.15, 0.2) is 18.2 Å². The lowest BCUT2D eigenvalue weighted by Crippen LogP contribution is -2.86. The summed E-state index contributed by atoms with van der Waals surface area (Å²) in [4.78, 5) is 0. The van der Waals surface area contributed by atoms with E-state index >= 15 is 0 Å². The summed E-state index contributed by atoms with van der Waals surface area (Å²) in [7, 11) is 0. The van der Waals surface area contributed by atoms with Gasteiger partial charge in [0.25, 0.3) is 0 Å². The molecule has 1 aromatic carbocycles. The molecule has 0 spiro atoms. The van der Waals surface area contributed by atoms with E-state index < -0.39 is 0 Å². The minimum Gasteiger partial charge on any atom is -0.493 e. The monoisotopic (exact) mass is 258 g/mol. The van der Waals surface area contributed by atoms with Gasteiger partial charge in [-0.05, 0) is 37.6 Å². The third-order valence-corrected chi connectivity index (χ3v) is 2.88. The molecule has 0 aliphatic heterocycles. The molecule has 0 bridgehead atoms. The molecule has 0 heterocycles. The lowest BCUT2D eigenvalue weighted by Gasteiger charge is -2.07. The smallest absolute Gasteiger partial charge is 0.119 e. The van der Waals surface area contributed by atoms with Gasteiger partial charge in [0.05, 0.1) is 19.3 Å². The SMILES string of the molecule is Cc1cc(OCCC[NH2+]C[C@@H](C)O)ccc1Cl. The van der Waals surface area contributed by atoms with Gasteiger partial charge in [0.1, 0.15) is 12.3 Å². The fourth-order valence-corrected chi connectivity index (χ4v) is 1.60. The van der Waals surface area contributed by atoms with Gasteiger partial charge in [0.15, 0.2) is 0 Å². The van der Waals surface area contributed by atoms with Crippen molar-refractivity contribution < 1.29 is 15.2 Å². The van der Waals surface area contributed by atoms with Crippen LogP contribution in [0.2, 0.25) is 5.02 Å². The second kappa shape index (κ2) is 7.54. The molecule has 0 radical (unpaired) electrons. The van der Waals surface area contributed by atoms with Crippen LogP contribution in [0.4, 0.5) is 0 Å². The highest BCUT2D eigenvalue weighted by molar-refractivity contribution is 6.31. The molecule has 4 heteroatoms. The van der Waals surface area contributed by atoms with E-state index in [1.807, 2.05) is 25.1 Å². The lowest BCUT2D eigenvalue weighted by atomic mass is 10.2. The molecule has 0 saturated carbocycles. The molecular formula is C13H21ClNO2+. The minimum absolute atomic E-state index is 0.241. The average molecular weight is 259 g/mol. The average Bonchev–Trinajstić information content (AvgIpc) is 2.27. The number of aliphatic hydroxyl groups is 1. The highest BCUT2D eigenvalue weighted by Crippen LogP contribution is 2.20. The van der Waals surface area contributed by atoms with E-state index in [0.717, 1.165) is 35.8 Å². The molecule has 0 aliphatic rings. The number of benzene rings is 1. The maximum Gasteiger partial charge on any atom is 0.119 e. The summed E-state index contributed by atoms with van der Waals surface area (Å²) in [6.07, 6.45) is 0.726. The summed E-state index contributed by atoms with van der Waals surface area (Å²) >= 11 is 5.93. The first-order valence-electron chi connectivity index (χ1n) is 5.98. The molecule has 0 amide bonds. The highest BCUT2D eigenvalue weighted by atomic mass is 35.5. The minimum atomic E-state index is -0.241. The predicted molar refractivity (Wildman–Crippen MR) is 69.6 cm³/mol. The second-order valence-electron chi connectivity index (χ2n) is 4.28. The van der Waals surface area contributed by atoms with Crippen molar-refractivity contribution in [2.24, 2.45) is 0 Å². The first-order chi connectivity index (χ1) is 8.09. The van der Waals surface area contributed by atoms with E-state index in [9.17, 15) is 0 Å². The zero-order chi connectivity index (χ0) is 12.7. The Balaban J connectivity index is 2.16. The Morgan fingerprint density at radius 3 is 2.88 bits per heavy atom. The van der Waals surface area contributed by atoms with Gasteiger partial charge in [-0.3, -0.25) is 0 Å². The maximum absolute atomic E-state index is 9.07. The molecule has 1 aromatic rings. The van der Waals surface area contributed by atoms with Crippen LogP contribution >= 0.6 is 11.6 Å². The summed E-state index contributed by atoms with van der Waals surface area (Å²) in [6, 6.07) is 5.68. The molecule has 1 atom stereocenters. The topological polar surface area (TPSA) is 46.1 Å². The van der Waals surface area contributed by atoms with Gasteiger partial charge in [-0.1, -0.05) is 11.6 Å². The van der Waals surface area contributed by atoms with Crippen molar-refractivity contribution in [3.63, 3.8) is 0 Å².